The van der Waals surface area contributed by atoms with Gasteiger partial charge in [0.1, 0.15) is 0 Å². The number of hydrogen-bond donors (Lipinski definition) is 2. The van der Waals surface area contributed by atoms with E-state index in [2.05, 4.69) is 56.4 Å². The second-order valence-electron chi connectivity index (χ2n) is 5.73. The van der Waals surface area contributed by atoms with Crippen molar-refractivity contribution in [2.45, 2.75) is 39.3 Å². The monoisotopic (exact) mass is 283 g/mol. The highest BCUT2D eigenvalue weighted by atomic mass is 16.3. The van der Waals surface area contributed by atoms with E-state index < -0.39 is 0 Å². The third-order valence-corrected chi connectivity index (χ3v) is 4.40. The lowest BCUT2D eigenvalue weighted by Gasteiger charge is -2.33. The maximum absolute atomic E-state index is 9.94. The molecule has 2 aromatic carbocycles. The quantitative estimate of drug-likeness (QED) is 0.847. The average Bonchev–Trinajstić information content (AvgIpc) is 2.53. The fourth-order valence-electron chi connectivity index (χ4n) is 2.63. The maximum atomic E-state index is 9.94. The molecule has 0 bridgehead atoms. The van der Waals surface area contributed by atoms with Gasteiger partial charge in [-0.05, 0) is 42.5 Å². The zero-order valence-electron chi connectivity index (χ0n) is 13.2. The van der Waals surface area contributed by atoms with Gasteiger partial charge >= 0.3 is 0 Å². The zero-order chi connectivity index (χ0) is 15.3. The molecular formula is C19H25NO. The summed E-state index contributed by atoms with van der Waals surface area (Å²) in [6, 6.07) is 16.7. The van der Waals surface area contributed by atoms with E-state index in [4.69, 9.17) is 0 Å². The van der Waals surface area contributed by atoms with Crippen LogP contribution in [0.1, 0.15) is 35.6 Å². The molecule has 0 spiro atoms. The lowest BCUT2D eigenvalue weighted by Crippen LogP contribution is -2.44. The molecule has 2 nitrogen and oxygen atoms in total. The van der Waals surface area contributed by atoms with Crippen molar-refractivity contribution in [1.82, 2.24) is 5.32 Å². The Balaban J connectivity index is 2.19. The van der Waals surface area contributed by atoms with Crippen LogP contribution in [-0.2, 0) is 12.1 Å². The standard InChI is InChI=1S/C19H25NO/c1-4-19(14-21,18-8-6-5-7-9-18)20-13-17-11-10-15(2)16(3)12-17/h5-12,20-21H,4,13-14H2,1-3H3. The smallest absolute Gasteiger partial charge is 0.0669 e. The van der Waals surface area contributed by atoms with Crippen LogP contribution in [0.2, 0.25) is 0 Å². The third kappa shape index (κ3) is 3.52. The summed E-state index contributed by atoms with van der Waals surface area (Å²) in [5, 5.41) is 13.5. The molecule has 2 N–H and O–H groups in total. The van der Waals surface area contributed by atoms with E-state index in [1.54, 1.807) is 0 Å². The van der Waals surface area contributed by atoms with Crippen LogP contribution in [-0.4, -0.2) is 11.7 Å². The van der Waals surface area contributed by atoms with E-state index in [9.17, 15) is 5.11 Å². The molecule has 0 aromatic heterocycles. The van der Waals surface area contributed by atoms with Gasteiger partial charge in [-0.15, -0.1) is 0 Å². The normalized spacial score (nSPS) is 13.9. The molecule has 1 atom stereocenters. The second kappa shape index (κ2) is 6.88. The van der Waals surface area contributed by atoms with Gasteiger partial charge in [0.2, 0.25) is 0 Å². The molecular weight excluding hydrogens is 258 g/mol. The summed E-state index contributed by atoms with van der Waals surface area (Å²) in [5.74, 6) is 0. The van der Waals surface area contributed by atoms with Crippen LogP contribution in [0, 0.1) is 13.8 Å². The highest BCUT2D eigenvalue weighted by molar-refractivity contribution is 5.30. The predicted octanol–water partition coefficient (Wildman–Crippen LogP) is 3.69. The van der Waals surface area contributed by atoms with Crippen LogP contribution >= 0.6 is 0 Å². The molecule has 0 heterocycles. The Bertz CT molecular complexity index is 573. The van der Waals surface area contributed by atoms with Gasteiger partial charge in [-0.3, -0.25) is 0 Å². The van der Waals surface area contributed by atoms with E-state index >= 15 is 0 Å². The number of rotatable bonds is 6. The molecule has 0 saturated carbocycles. The van der Waals surface area contributed by atoms with E-state index in [1.165, 1.54) is 16.7 Å². The van der Waals surface area contributed by atoms with Crippen molar-refractivity contribution < 1.29 is 5.11 Å². The van der Waals surface area contributed by atoms with Crippen molar-refractivity contribution in [2.75, 3.05) is 6.61 Å². The van der Waals surface area contributed by atoms with E-state index in [0.717, 1.165) is 18.5 Å². The first-order valence-electron chi connectivity index (χ1n) is 7.59. The van der Waals surface area contributed by atoms with Crippen molar-refractivity contribution in [2.24, 2.45) is 0 Å². The number of hydrogen-bond acceptors (Lipinski definition) is 2. The summed E-state index contributed by atoms with van der Waals surface area (Å²) in [6.07, 6.45) is 0.846. The number of benzene rings is 2. The van der Waals surface area contributed by atoms with Gasteiger partial charge in [-0.2, -0.15) is 0 Å². The highest BCUT2D eigenvalue weighted by Crippen LogP contribution is 2.25. The summed E-state index contributed by atoms with van der Waals surface area (Å²) in [4.78, 5) is 0. The molecule has 112 valence electrons. The third-order valence-electron chi connectivity index (χ3n) is 4.40. The minimum atomic E-state index is -0.375. The molecule has 0 aliphatic rings. The fourth-order valence-corrected chi connectivity index (χ4v) is 2.63. The van der Waals surface area contributed by atoms with Gasteiger partial charge in [0.15, 0.2) is 0 Å². The van der Waals surface area contributed by atoms with Crippen LogP contribution in [0.15, 0.2) is 48.5 Å². The Morgan fingerprint density at radius 1 is 1.00 bits per heavy atom. The van der Waals surface area contributed by atoms with Crippen molar-refractivity contribution in [3.63, 3.8) is 0 Å². The molecule has 0 aliphatic carbocycles. The van der Waals surface area contributed by atoms with Crippen molar-refractivity contribution in [3.05, 3.63) is 70.8 Å². The van der Waals surface area contributed by atoms with E-state index in [-0.39, 0.29) is 12.1 Å². The Kier molecular flexibility index (Phi) is 5.16. The first kappa shape index (κ1) is 15.7. The molecule has 0 aliphatic heterocycles. The van der Waals surface area contributed by atoms with Crippen LogP contribution in [0.4, 0.5) is 0 Å². The van der Waals surface area contributed by atoms with Crippen LogP contribution < -0.4 is 5.32 Å². The van der Waals surface area contributed by atoms with Gasteiger partial charge < -0.3 is 10.4 Å². The van der Waals surface area contributed by atoms with E-state index in [1.807, 2.05) is 18.2 Å². The Hall–Kier alpha value is -1.64. The molecule has 2 heteroatoms. The summed E-state index contributed by atoms with van der Waals surface area (Å²) in [6.45, 7) is 7.22. The maximum Gasteiger partial charge on any atom is 0.0669 e. The van der Waals surface area contributed by atoms with Gasteiger partial charge in [-0.25, -0.2) is 0 Å². The Labute approximate surface area is 127 Å². The summed E-state index contributed by atoms with van der Waals surface area (Å²) in [7, 11) is 0. The molecule has 0 saturated heterocycles. The molecule has 2 rings (SSSR count). The van der Waals surface area contributed by atoms with Gasteiger partial charge in [0, 0.05) is 6.54 Å². The van der Waals surface area contributed by atoms with Gasteiger partial charge in [-0.1, -0.05) is 55.5 Å². The van der Waals surface area contributed by atoms with Crippen molar-refractivity contribution in [3.8, 4) is 0 Å². The molecule has 2 aromatic rings. The Morgan fingerprint density at radius 3 is 2.29 bits per heavy atom. The van der Waals surface area contributed by atoms with Crippen LogP contribution in [0.5, 0.6) is 0 Å². The van der Waals surface area contributed by atoms with Crippen molar-refractivity contribution in [1.29, 1.82) is 0 Å². The second-order valence-corrected chi connectivity index (χ2v) is 5.73. The summed E-state index contributed by atoms with van der Waals surface area (Å²) < 4.78 is 0. The fraction of sp³-hybridized carbons (Fsp3) is 0.368. The minimum absolute atomic E-state index is 0.0956. The number of aliphatic hydroxyl groups excluding tert-OH is 1. The molecule has 0 amide bonds. The SMILES string of the molecule is CCC(CO)(NCc1ccc(C)c(C)c1)c1ccccc1. The molecule has 1 unspecified atom stereocenters. The molecule has 0 fully saturated rings. The molecule has 0 radical (unpaired) electrons. The van der Waals surface area contributed by atoms with Crippen LogP contribution in [0.3, 0.4) is 0 Å². The lowest BCUT2D eigenvalue weighted by atomic mass is 9.87. The molecule has 21 heavy (non-hydrogen) atoms. The number of nitrogens with one attached hydrogen (secondary N) is 1. The zero-order valence-corrected chi connectivity index (χ0v) is 13.2. The highest BCUT2D eigenvalue weighted by Gasteiger charge is 2.28. The summed E-state index contributed by atoms with van der Waals surface area (Å²) in [5.41, 5.74) is 4.63. The predicted molar refractivity (Wildman–Crippen MR) is 88.3 cm³/mol. The topological polar surface area (TPSA) is 32.3 Å². The number of aliphatic hydroxyl groups is 1. The first-order chi connectivity index (χ1) is 10.1. The van der Waals surface area contributed by atoms with Crippen LogP contribution in [0.25, 0.3) is 0 Å². The lowest BCUT2D eigenvalue weighted by molar-refractivity contribution is 0.154. The van der Waals surface area contributed by atoms with Gasteiger partial charge in [0.05, 0.1) is 12.1 Å². The minimum Gasteiger partial charge on any atom is -0.394 e. The first-order valence-corrected chi connectivity index (χ1v) is 7.59. The van der Waals surface area contributed by atoms with E-state index in [0.29, 0.717) is 0 Å². The number of aryl methyl sites for hydroxylation is 2. The average molecular weight is 283 g/mol. The largest absolute Gasteiger partial charge is 0.394 e. The van der Waals surface area contributed by atoms with Gasteiger partial charge in [0.25, 0.3) is 0 Å². The summed E-state index contributed by atoms with van der Waals surface area (Å²) >= 11 is 0. The van der Waals surface area contributed by atoms with Crippen molar-refractivity contribution >= 4 is 0 Å². The Morgan fingerprint density at radius 2 is 1.71 bits per heavy atom.